The zero-order valence-electron chi connectivity index (χ0n) is 15.0. The second kappa shape index (κ2) is 8.71. The fraction of sp³-hybridized carbons (Fsp3) is 0.471. The molecule has 0 radical (unpaired) electrons. The fourth-order valence-electron chi connectivity index (χ4n) is 2.62. The lowest BCUT2D eigenvalue weighted by molar-refractivity contribution is -0.153. The SMILES string of the molecule is C[C@H](NC(=O)c1ccccc1Cl)C(=O)OCC(=O)N(C)[C@H]1CCS(=O)(=O)C1. The number of hydrogen-bond acceptors (Lipinski definition) is 6. The first-order chi connectivity index (χ1) is 12.6. The van der Waals surface area contributed by atoms with Crippen LogP contribution in [0.4, 0.5) is 0 Å². The molecule has 1 N–H and O–H groups in total. The molecule has 2 rings (SSSR count). The Bertz CT molecular complexity index is 842. The van der Waals surface area contributed by atoms with Gasteiger partial charge < -0.3 is 15.0 Å². The predicted molar refractivity (Wildman–Crippen MR) is 99.2 cm³/mol. The summed E-state index contributed by atoms with van der Waals surface area (Å²) in [5.74, 6) is -1.87. The minimum absolute atomic E-state index is 0.0419. The number of nitrogens with one attached hydrogen (secondary N) is 1. The van der Waals surface area contributed by atoms with Gasteiger partial charge in [-0.3, -0.25) is 9.59 Å². The Kier molecular flexibility index (Phi) is 6.83. The Hall–Kier alpha value is -2.13. The van der Waals surface area contributed by atoms with Gasteiger partial charge in [0.1, 0.15) is 6.04 Å². The number of benzene rings is 1. The molecule has 1 aromatic rings. The van der Waals surface area contributed by atoms with Crippen LogP contribution in [0.15, 0.2) is 24.3 Å². The van der Waals surface area contributed by atoms with Gasteiger partial charge >= 0.3 is 5.97 Å². The van der Waals surface area contributed by atoms with Crippen LogP contribution >= 0.6 is 11.6 Å². The maximum Gasteiger partial charge on any atom is 0.328 e. The van der Waals surface area contributed by atoms with E-state index in [1.54, 1.807) is 18.2 Å². The first-order valence-electron chi connectivity index (χ1n) is 8.29. The summed E-state index contributed by atoms with van der Waals surface area (Å²) in [5.41, 5.74) is 0.220. The van der Waals surface area contributed by atoms with E-state index in [0.29, 0.717) is 6.42 Å². The number of ether oxygens (including phenoxy) is 1. The van der Waals surface area contributed by atoms with Gasteiger partial charge in [-0.15, -0.1) is 0 Å². The Morgan fingerprint density at radius 3 is 2.59 bits per heavy atom. The molecule has 1 heterocycles. The molecule has 27 heavy (non-hydrogen) atoms. The monoisotopic (exact) mass is 416 g/mol. The highest BCUT2D eigenvalue weighted by Gasteiger charge is 2.33. The van der Waals surface area contributed by atoms with E-state index in [-0.39, 0.29) is 22.1 Å². The number of carbonyl (C=O) groups is 3. The van der Waals surface area contributed by atoms with Crippen molar-refractivity contribution in [3.8, 4) is 0 Å². The molecule has 10 heteroatoms. The van der Waals surface area contributed by atoms with Gasteiger partial charge in [0.05, 0.1) is 22.1 Å². The van der Waals surface area contributed by atoms with E-state index < -0.39 is 46.3 Å². The molecule has 1 fully saturated rings. The van der Waals surface area contributed by atoms with E-state index in [1.165, 1.54) is 24.9 Å². The van der Waals surface area contributed by atoms with Crippen molar-refractivity contribution in [2.24, 2.45) is 0 Å². The Morgan fingerprint density at radius 2 is 2.00 bits per heavy atom. The fourth-order valence-corrected chi connectivity index (χ4v) is 4.62. The van der Waals surface area contributed by atoms with Crippen LogP contribution in [0.5, 0.6) is 0 Å². The minimum Gasteiger partial charge on any atom is -0.454 e. The third kappa shape index (κ3) is 5.67. The summed E-state index contributed by atoms with van der Waals surface area (Å²) in [7, 11) is -1.65. The molecule has 1 aromatic carbocycles. The lowest BCUT2D eigenvalue weighted by Crippen LogP contribution is -2.43. The van der Waals surface area contributed by atoms with Crippen molar-refractivity contribution in [2.45, 2.75) is 25.4 Å². The van der Waals surface area contributed by atoms with Crippen molar-refractivity contribution in [3.05, 3.63) is 34.9 Å². The topological polar surface area (TPSA) is 110 Å². The predicted octanol–water partition coefficient (Wildman–Crippen LogP) is 0.647. The van der Waals surface area contributed by atoms with E-state index in [4.69, 9.17) is 16.3 Å². The molecule has 148 valence electrons. The van der Waals surface area contributed by atoms with E-state index in [1.807, 2.05) is 0 Å². The normalized spacial score (nSPS) is 19.1. The van der Waals surface area contributed by atoms with Gasteiger partial charge in [0, 0.05) is 13.1 Å². The maximum atomic E-state index is 12.1. The van der Waals surface area contributed by atoms with Crippen LogP contribution in [-0.2, 0) is 24.2 Å². The largest absolute Gasteiger partial charge is 0.454 e. The number of hydrogen-bond donors (Lipinski definition) is 1. The lowest BCUT2D eigenvalue weighted by atomic mass is 10.2. The highest BCUT2D eigenvalue weighted by atomic mass is 35.5. The number of rotatable bonds is 6. The Labute approximate surface area is 162 Å². The summed E-state index contributed by atoms with van der Waals surface area (Å²) in [6.45, 7) is 0.896. The van der Waals surface area contributed by atoms with Crippen molar-refractivity contribution >= 4 is 39.2 Å². The highest BCUT2D eigenvalue weighted by Crippen LogP contribution is 2.17. The van der Waals surface area contributed by atoms with E-state index in [2.05, 4.69) is 5.32 Å². The summed E-state index contributed by atoms with van der Waals surface area (Å²) in [6.07, 6.45) is 0.364. The molecule has 1 aliphatic heterocycles. The van der Waals surface area contributed by atoms with Crippen molar-refractivity contribution in [2.75, 3.05) is 25.2 Å². The molecule has 0 saturated carbocycles. The first-order valence-corrected chi connectivity index (χ1v) is 10.5. The van der Waals surface area contributed by atoms with Crippen molar-refractivity contribution in [1.29, 1.82) is 0 Å². The summed E-state index contributed by atoms with van der Waals surface area (Å²) in [5, 5.41) is 2.70. The number of nitrogens with zero attached hydrogens (tertiary/aromatic N) is 1. The van der Waals surface area contributed by atoms with Crippen LogP contribution in [0.2, 0.25) is 5.02 Å². The standard InChI is InChI=1S/C17H21ClN2O6S/c1-11(19-16(22)13-5-3-4-6-14(13)18)17(23)26-9-15(21)20(2)12-7-8-27(24,25)10-12/h3-6,11-12H,7-10H2,1-2H3,(H,19,22)/t11-,12-/m0/s1. The molecular weight excluding hydrogens is 396 g/mol. The summed E-state index contributed by atoms with van der Waals surface area (Å²) in [4.78, 5) is 37.5. The second-order valence-corrected chi connectivity index (χ2v) is 8.98. The summed E-state index contributed by atoms with van der Waals surface area (Å²) >= 11 is 5.93. The molecule has 0 aromatic heterocycles. The molecule has 0 unspecified atom stereocenters. The van der Waals surface area contributed by atoms with Crippen LogP contribution in [0, 0.1) is 0 Å². The number of carbonyl (C=O) groups excluding carboxylic acids is 3. The van der Waals surface area contributed by atoms with Crippen molar-refractivity contribution < 1.29 is 27.5 Å². The molecule has 1 saturated heterocycles. The number of halogens is 1. The lowest BCUT2D eigenvalue weighted by Gasteiger charge is -2.23. The molecule has 2 amide bonds. The number of amides is 2. The van der Waals surface area contributed by atoms with E-state index in [0.717, 1.165) is 0 Å². The van der Waals surface area contributed by atoms with Crippen LogP contribution in [0.3, 0.4) is 0 Å². The van der Waals surface area contributed by atoms with E-state index >= 15 is 0 Å². The van der Waals surface area contributed by atoms with Crippen LogP contribution in [0.25, 0.3) is 0 Å². The number of likely N-dealkylation sites (N-methyl/N-ethyl adjacent to an activating group) is 1. The van der Waals surface area contributed by atoms with Crippen LogP contribution in [0.1, 0.15) is 23.7 Å². The molecule has 0 spiro atoms. The highest BCUT2D eigenvalue weighted by molar-refractivity contribution is 7.91. The second-order valence-electron chi connectivity index (χ2n) is 6.34. The van der Waals surface area contributed by atoms with Gasteiger partial charge in [-0.2, -0.15) is 0 Å². The maximum absolute atomic E-state index is 12.1. The summed E-state index contributed by atoms with van der Waals surface area (Å²) in [6, 6.07) is 4.98. The molecule has 2 atom stereocenters. The zero-order valence-corrected chi connectivity index (χ0v) is 16.5. The Balaban J connectivity index is 1.83. The smallest absolute Gasteiger partial charge is 0.328 e. The molecular formula is C17H21ClN2O6S. The zero-order chi connectivity index (χ0) is 20.2. The van der Waals surface area contributed by atoms with Gasteiger partial charge in [0.2, 0.25) is 0 Å². The quantitative estimate of drug-likeness (QED) is 0.682. The van der Waals surface area contributed by atoms with Crippen LogP contribution in [-0.4, -0.2) is 68.3 Å². The minimum atomic E-state index is -3.12. The Morgan fingerprint density at radius 1 is 1.33 bits per heavy atom. The third-order valence-electron chi connectivity index (χ3n) is 4.31. The summed E-state index contributed by atoms with van der Waals surface area (Å²) < 4.78 is 27.9. The van der Waals surface area contributed by atoms with Gasteiger partial charge in [-0.05, 0) is 25.5 Å². The molecule has 0 aliphatic carbocycles. The molecule has 8 nitrogen and oxygen atoms in total. The third-order valence-corrected chi connectivity index (χ3v) is 6.39. The van der Waals surface area contributed by atoms with Gasteiger partial charge in [-0.25, -0.2) is 13.2 Å². The average molecular weight is 417 g/mol. The van der Waals surface area contributed by atoms with Crippen molar-refractivity contribution in [3.63, 3.8) is 0 Å². The molecule has 1 aliphatic rings. The van der Waals surface area contributed by atoms with Gasteiger partial charge in [0.15, 0.2) is 16.4 Å². The number of esters is 1. The first kappa shape index (κ1) is 21.2. The van der Waals surface area contributed by atoms with Crippen molar-refractivity contribution in [1.82, 2.24) is 10.2 Å². The number of sulfone groups is 1. The van der Waals surface area contributed by atoms with Gasteiger partial charge in [-0.1, -0.05) is 23.7 Å². The van der Waals surface area contributed by atoms with Gasteiger partial charge in [0.25, 0.3) is 11.8 Å². The average Bonchev–Trinajstić information content (AvgIpc) is 2.98. The molecule has 0 bridgehead atoms. The van der Waals surface area contributed by atoms with Crippen LogP contribution < -0.4 is 5.32 Å². The van der Waals surface area contributed by atoms with E-state index in [9.17, 15) is 22.8 Å².